The summed E-state index contributed by atoms with van der Waals surface area (Å²) in [5.74, 6) is -0.105. The van der Waals surface area contributed by atoms with Crippen LogP contribution in [0.15, 0.2) is 23.6 Å². The van der Waals surface area contributed by atoms with Crippen LogP contribution < -0.4 is 0 Å². The molecule has 0 saturated carbocycles. The molecule has 0 unspecified atom stereocenters. The van der Waals surface area contributed by atoms with Crippen LogP contribution in [0.2, 0.25) is 0 Å². The van der Waals surface area contributed by atoms with Gasteiger partial charge in [-0.1, -0.05) is 12.1 Å². The molecule has 1 heterocycles. The van der Waals surface area contributed by atoms with E-state index in [0.717, 1.165) is 5.69 Å². The highest BCUT2D eigenvalue weighted by molar-refractivity contribution is 7.13. The Bertz CT molecular complexity index is 604. The predicted molar refractivity (Wildman–Crippen MR) is 79.4 cm³/mol. The van der Waals surface area contributed by atoms with Crippen LogP contribution in [0, 0.1) is 5.82 Å². The monoisotopic (exact) mass is 334 g/mol. The van der Waals surface area contributed by atoms with Crippen LogP contribution in [-0.2, 0) is 12.4 Å². The number of aromatic nitrogens is 1. The Morgan fingerprint density at radius 1 is 1.38 bits per heavy atom. The molecule has 7 heteroatoms. The van der Waals surface area contributed by atoms with E-state index in [9.17, 15) is 13.2 Å². The van der Waals surface area contributed by atoms with E-state index < -0.39 is 12.2 Å². The first-order valence-electron chi connectivity index (χ1n) is 6.25. The fourth-order valence-electron chi connectivity index (χ4n) is 1.90. The van der Waals surface area contributed by atoms with Crippen LogP contribution in [0.25, 0.3) is 10.6 Å². The normalized spacial score (nSPS) is 11.6. The number of thiazole rings is 1. The molecule has 0 aliphatic heterocycles. The summed E-state index contributed by atoms with van der Waals surface area (Å²) in [6, 6.07) is 4.72. The van der Waals surface area contributed by atoms with Crippen molar-refractivity contribution in [2.24, 2.45) is 0 Å². The van der Waals surface area contributed by atoms with Crippen molar-refractivity contribution in [1.82, 2.24) is 9.88 Å². The van der Waals surface area contributed by atoms with E-state index in [1.54, 1.807) is 12.1 Å². The zero-order valence-corrected chi connectivity index (χ0v) is 12.9. The van der Waals surface area contributed by atoms with E-state index in [-0.39, 0.29) is 13.1 Å². The molecule has 0 saturated heterocycles. The summed E-state index contributed by atoms with van der Waals surface area (Å²) in [5.41, 5.74) is 1.79. The molecule has 0 aliphatic rings. The molecule has 2 aromatic rings. The van der Waals surface area contributed by atoms with E-state index in [0.29, 0.717) is 22.0 Å². The molecule has 0 spiro atoms. The van der Waals surface area contributed by atoms with Gasteiger partial charge in [-0.05, 0) is 13.1 Å². The Morgan fingerprint density at radius 3 is 2.71 bits per heavy atom. The van der Waals surface area contributed by atoms with Crippen molar-refractivity contribution >= 4 is 22.9 Å². The van der Waals surface area contributed by atoms with E-state index in [4.69, 9.17) is 11.6 Å². The summed E-state index contributed by atoms with van der Waals surface area (Å²) in [7, 11) is 1.53. The average molecular weight is 335 g/mol. The van der Waals surface area contributed by atoms with Gasteiger partial charge in [0.1, 0.15) is 10.8 Å². The van der Waals surface area contributed by atoms with Gasteiger partial charge in [0.25, 0.3) is 6.43 Å². The third-order valence-corrected chi connectivity index (χ3v) is 4.09. The second kappa shape index (κ2) is 7.24. The molecule has 0 atom stereocenters. The predicted octanol–water partition coefficient (Wildman–Crippen LogP) is 4.38. The van der Waals surface area contributed by atoms with E-state index in [1.807, 2.05) is 5.38 Å². The lowest BCUT2D eigenvalue weighted by molar-refractivity contribution is 0.0971. The summed E-state index contributed by atoms with van der Waals surface area (Å²) < 4.78 is 38.6. The first-order valence-corrected chi connectivity index (χ1v) is 7.67. The highest BCUT2D eigenvalue weighted by Gasteiger charge is 2.12. The lowest BCUT2D eigenvalue weighted by Gasteiger charge is -2.16. The molecule has 1 aromatic carbocycles. The fourth-order valence-corrected chi connectivity index (χ4v) is 2.95. The minimum absolute atomic E-state index is 0.140. The van der Waals surface area contributed by atoms with E-state index in [1.165, 1.54) is 29.4 Å². The highest BCUT2D eigenvalue weighted by Crippen LogP contribution is 2.26. The Balaban J connectivity index is 2.13. The molecule has 0 fully saturated rings. The van der Waals surface area contributed by atoms with Gasteiger partial charge in [-0.3, -0.25) is 4.90 Å². The van der Waals surface area contributed by atoms with Gasteiger partial charge < -0.3 is 0 Å². The van der Waals surface area contributed by atoms with Crippen molar-refractivity contribution in [3.05, 3.63) is 40.7 Å². The molecule has 0 N–H and O–H groups in total. The van der Waals surface area contributed by atoms with Crippen molar-refractivity contribution in [2.75, 3.05) is 13.6 Å². The van der Waals surface area contributed by atoms with Gasteiger partial charge in [0.15, 0.2) is 0 Å². The average Bonchev–Trinajstić information content (AvgIpc) is 2.89. The smallest absolute Gasteiger partial charge is 0.251 e. The Labute approximate surface area is 130 Å². The largest absolute Gasteiger partial charge is 0.296 e. The molecule has 0 aliphatic carbocycles. The fraction of sp³-hybridized carbons (Fsp3) is 0.357. The van der Waals surface area contributed by atoms with Gasteiger partial charge in [-0.25, -0.2) is 18.2 Å². The first-order chi connectivity index (χ1) is 9.99. The number of rotatable bonds is 6. The second-order valence-corrected chi connectivity index (χ2v) is 5.80. The van der Waals surface area contributed by atoms with Crippen molar-refractivity contribution < 1.29 is 13.2 Å². The number of alkyl halides is 3. The second-order valence-electron chi connectivity index (χ2n) is 4.67. The summed E-state index contributed by atoms with van der Waals surface area (Å²) >= 11 is 7.08. The van der Waals surface area contributed by atoms with Crippen LogP contribution in [-0.4, -0.2) is 29.9 Å². The molecule has 2 nitrogen and oxygen atoms in total. The molecule has 0 radical (unpaired) electrons. The topological polar surface area (TPSA) is 16.1 Å². The highest BCUT2D eigenvalue weighted by atomic mass is 35.5. The number of hydrogen-bond acceptors (Lipinski definition) is 3. The molecule has 2 rings (SSSR count). The van der Waals surface area contributed by atoms with Gasteiger partial charge in [0, 0.05) is 23.1 Å². The van der Waals surface area contributed by atoms with Crippen molar-refractivity contribution in [3.8, 4) is 10.6 Å². The Kier molecular flexibility index (Phi) is 5.61. The minimum Gasteiger partial charge on any atom is -0.296 e. The zero-order chi connectivity index (χ0) is 15.4. The van der Waals surface area contributed by atoms with Crippen LogP contribution in [0.1, 0.15) is 11.3 Å². The molecular weight excluding hydrogens is 321 g/mol. The maximum Gasteiger partial charge on any atom is 0.251 e. The van der Waals surface area contributed by atoms with Crippen LogP contribution in [0.5, 0.6) is 0 Å². The lowest BCUT2D eigenvalue weighted by Crippen LogP contribution is -2.24. The number of halogens is 4. The van der Waals surface area contributed by atoms with Crippen LogP contribution >= 0.6 is 22.9 Å². The van der Waals surface area contributed by atoms with Gasteiger partial charge in [0.2, 0.25) is 0 Å². The summed E-state index contributed by atoms with van der Waals surface area (Å²) in [6.07, 6.45) is -2.43. The molecule has 21 heavy (non-hydrogen) atoms. The molecule has 0 amide bonds. The van der Waals surface area contributed by atoms with Gasteiger partial charge in [0.05, 0.1) is 18.1 Å². The third-order valence-electron chi connectivity index (χ3n) is 2.88. The molecular formula is C14H14ClF3N2S. The van der Waals surface area contributed by atoms with Crippen LogP contribution in [0.4, 0.5) is 13.2 Å². The number of hydrogen-bond donors (Lipinski definition) is 0. The van der Waals surface area contributed by atoms with E-state index >= 15 is 0 Å². The summed E-state index contributed by atoms with van der Waals surface area (Å²) in [4.78, 5) is 5.67. The van der Waals surface area contributed by atoms with Gasteiger partial charge >= 0.3 is 0 Å². The standard InChI is InChI=1S/C14H14ClF3N2S/c1-20(7-13(17)18)6-10-3-2-9(4-12(10)16)14-19-11(5-15)8-21-14/h2-4,8,13H,5-7H2,1H3. The maximum atomic E-state index is 14.1. The van der Waals surface area contributed by atoms with E-state index in [2.05, 4.69) is 4.98 Å². The number of benzene rings is 1. The summed E-state index contributed by atoms with van der Waals surface area (Å²) in [5, 5.41) is 2.52. The minimum atomic E-state index is -2.43. The van der Waals surface area contributed by atoms with Crippen LogP contribution in [0.3, 0.4) is 0 Å². The first kappa shape index (κ1) is 16.3. The van der Waals surface area contributed by atoms with Gasteiger partial charge in [-0.15, -0.1) is 22.9 Å². The SMILES string of the molecule is CN(Cc1ccc(-c2nc(CCl)cs2)cc1F)CC(F)F. The van der Waals surface area contributed by atoms with Crippen molar-refractivity contribution in [2.45, 2.75) is 18.9 Å². The van der Waals surface area contributed by atoms with Crippen molar-refractivity contribution in [3.63, 3.8) is 0 Å². The molecule has 0 bridgehead atoms. The Morgan fingerprint density at radius 2 is 2.14 bits per heavy atom. The molecule has 114 valence electrons. The van der Waals surface area contributed by atoms with Crippen molar-refractivity contribution in [1.29, 1.82) is 0 Å². The van der Waals surface area contributed by atoms with Gasteiger partial charge in [-0.2, -0.15) is 0 Å². The quantitative estimate of drug-likeness (QED) is 0.729. The Hall–Kier alpha value is -1.11. The lowest BCUT2D eigenvalue weighted by atomic mass is 10.1. The molecule has 1 aromatic heterocycles. The number of nitrogens with zero attached hydrogens (tertiary/aromatic N) is 2. The zero-order valence-electron chi connectivity index (χ0n) is 11.3. The third kappa shape index (κ3) is 4.43. The maximum absolute atomic E-state index is 14.1. The summed E-state index contributed by atoms with van der Waals surface area (Å²) in [6.45, 7) is -0.242.